The van der Waals surface area contributed by atoms with Crippen LogP contribution in [0, 0.1) is 0 Å². The van der Waals surface area contributed by atoms with Gasteiger partial charge in [-0.05, 0) is 54.7 Å². The van der Waals surface area contributed by atoms with Crippen molar-refractivity contribution in [3.05, 3.63) is 101 Å². The molecule has 1 fully saturated rings. The van der Waals surface area contributed by atoms with E-state index in [-0.39, 0.29) is 18.2 Å². The predicted octanol–water partition coefficient (Wildman–Crippen LogP) is 3.84. The Morgan fingerprint density at radius 3 is 2.26 bits per heavy atom. The standard InChI is InChI=1S/C29H30N2O4/c1-18(2)21-7-9-22(10-8-21)26-25(27(32)23-11-13-24(14-12-23)35-19(3)4)28(33)29(34)31(26)17-20-6-5-15-30-16-20/h5-16,18-19,26,32H,17H2,1-4H3/b27-25+. The molecule has 0 aliphatic carbocycles. The van der Waals surface area contributed by atoms with Crippen LogP contribution in [0.3, 0.4) is 0 Å². The summed E-state index contributed by atoms with van der Waals surface area (Å²) in [5, 5.41) is 13.6. The number of amides is 1. The minimum Gasteiger partial charge on any atom is -0.872 e. The lowest BCUT2D eigenvalue weighted by atomic mass is 9.93. The first kappa shape index (κ1) is 24.2. The molecule has 180 valence electrons. The van der Waals surface area contributed by atoms with Crippen molar-refractivity contribution in [2.45, 2.75) is 52.3 Å². The molecule has 0 spiro atoms. The van der Waals surface area contributed by atoms with Crippen LogP contribution in [0.5, 0.6) is 5.75 Å². The number of pyridine rings is 1. The third-order valence-electron chi connectivity index (χ3n) is 6.06. The lowest BCUT2D eigenvalue weighted by molar-refractivity contribution is -0.378. The van der Waals surface area contributed by atoms with Crippen LogP contribution in [0.15, 0.2) is 78.6 Å². The number of carbonyl (C=O) groups is 2. The molecule has 3 aromatic rings. The van der Waals surface area contributed by atoms with Gasteiger partial charge in [0.25, 0.3) is 5.91 Å². The Morgan fingerprint density at radius 2 is 1.69 bits per heavy atom. The molecule has 1 atom stereocenters. The topological polar surface area (TPSA) is 83.8 Å². The number of carbonyl (C=O) groups excluding carboxylic acids is 2. The zero-order chi connectivity index (χ0) is 25.1. The van der Waals surface area contributed by atoms with Gasteiger partial charge in [0.1, 0.15) is 5.75 Å². The first-order valence-electron chi connectivity index (χ1n) is 11.8. The molecule has 1 N–H and O–H groups in total. The summed E-state index contributed by atoms with van der Waals surface area (Å²) in [6.07, 6.45) is 3.56. The summed E-state index contributed by atoms with van der Waals surface area (Å²) >= 11 is 0. The summed E-state index contributed by atoms with van der Waals surface area (Å²) in [4.78, 5) is 30.9. The van der Waals surface area contributed by atoms with Crippen LogP contribution in [-0.4, -0.2) is 22.7 Å². The third-order valence-corrected chi connectivity index (χ3v) is 6.06. The number of hydrogen-bond acceptors (Lipinski definition) is 4. The van der Waals surface area contributed by atoms with Gasteiger partial charge >= 0.3 is 0 Å². The molecule has 1 saturated heterocycles. The molecule has 0 saturated carbocycles. The van der Waals surface area contributed by atoms with E-state index in [1.807, 2.05) is 50.2 Å². The molecule has 0 bridgehead atoms. The molecule has 2 heterocycles. The molecule has 35 heavy (non-hydrogen) atoms. The van der Waals surface area contributed by atoms with E-state index in [9.17, 15) is 14.7 Å². The highest BCUT2D eigenvalue weighted by Crippen LogP contribution is 2.40. The van der Waals surface area contributed by atoms with E-state index in [4.69, 9.17) is 4.74 Å². The fraction of sp³-hybridized carbons (Fsp3) is 0.276. The van der Waals surface area contributed by atoms with Crippen LogP contribution in [-0.2, 0) is 16.1 Å². The summed E-state index contributed by atoms with van der Waals surface area (Å²) in [5.41, 5.74) is 3.03. The van der Waals surface area contributed by atoms with Crippen molar-refractivity contribution in [1.29, 1.82) is 0 Å². The van der Waals surface area contributed by atoms with Crippen molar-refractivity contribution in [3.8, 4) is 5.75 Å². The second-order valence-electron chi connectivity index (χ2n) is 9.33. The van der Waals surface area contributed by atoms with E-state index in [0.717, 1.165) is 16.7 Å². The maximum absolute atomic E-state index is 13.6. The van der Waals surface area contributed by atoms with E-state index in [1.54, 1.807) is 36.7 Å². The van der Waals surface area contributed by atoms with Gasteiger partial charge in [-0.1, -0.05) is 56.0 Å². The van der Waals surface area contributed by atoms with Crippen LogP contribution < -0.4 is 14.8 Å². The second kappa shape index (κ2) is 10.1. The second-order valence-corrected chi connectivity index (χ2v) is 9.33. The van der Waals surface area contributed by atoms with Gasteiger partial charge in [-0.25, -0.2) is 4.98 Å². The van der Waals surface area contributed by atoms with Crippen LogP contribution in [0.4, 0.5) is 0 Å². The van der Waals surface area contributed by atoms with Gasteiger partial charge in [-0.2, -0.15) is 0 Å². The summed E-state index contributed by atoms with van der Waals surface area (Å²) in [6, 6.07) is 17.4. The van der Waals surface area contributed by atoms with E-state index < -0.39 is 23.5 Å². The fourth-order valence-electron chi connectivity index (χ4n) is 4.28. The molecule has 1 unspecified atom stereocenters. The lowest BCUT2D eigenvalue weighted by Gasteiger charge is -2.27. The van der Waals surface area contributed by atoms with Crippen molar-refractivity contribution in [2.24, 2.45) is 0 Å². The molecule has 6 nitrogen and oxygen atoms in total. The Labute approximate surface area is 205 Å². The zero-order valence-corrected chi connectivity index (χ0v) is 20.4. The van der Waals surface area contributed by atoms with Crippen LogP contribution >= 0.6 is 0 Å². The summed E-state index contributed by atoms with van der Waals surface area (Å²) < 4.78 is 5.67. The number of Topliss-reactive ketones (excluding diaryl/α,β-unsaturated/α-hetero) is 1. The number of nitrogens with one attached hydrogen (secondary N) is 1. The number of hydrogen-bond donors (Lipinski definition) is 0. The Balaban J connectivity index is 1.80. The first-order valence-corrected chi connectivity index (χ1v) is 11.8. The lowest BCUT2D eigenvalue weighted by Crippen LogP contribution is -2.29. The Bertz CT molecular complexity index is 1230. The Hall–Kier alpha value is -3.93. The van der Waals surface area contributed by atoms with Gasteiger partial charge in [-0.3, -0.25) is 9.59 Å². The monoisotopic (exact) mass is 470 g/mol. The van der Waals surface area contributed by atoms with E-state index in [1.165, 1.54) is 4.90 Å². The zero-order valence-electron chi connectivity index (χ0n) is 20.4. The van der Waals surface area contributed by atoms with Gasteiger partial charge in [0, 0.05) is 17.2 Å². The van der Waals surface area contributed by atoms with Crippen molar-refractivity contribution >= 4 is 17.4 Å². The normalized spacial score (nSPS) is 17.4. The molecule has 2 aromatic carbocycles. The number of nitrogens with zero attached hydrogens (tertiary/aromatic N) is 1. The van der Waals surface area contributed by atoms with E-state index in [2.05, 4.69) is 18.8 Å². The Kier molecular flexibility index (Phi) is 7.01. The number of ether oxygens (including phenoxy) is 1. The molecule has 1 aromatic heterocycles. The van der Waals surface area contributed by atoms with Crippen molar-refractivity contribution in [2.75, 3.05) is 0 Å². The van der Waals surface area contributed by atoms with E-state index in [0.29, 0.717) is 17.2 Å². The van der Waals surface area contributed by atoms with Gasteiger partial charge in [0.05, 0.1) is 18.7 Å². The molecule has 4 rings (SSSR count). The minimum absolute atomic E-state index is 0.00180. The number of aromatic amines is 1. The smallest absolute Gasteiger partial charge is 0.295 e. The largest absolute Gasteiger partial charge is 0.872 e. The molecule has 6 heteroatoms. The minimum atomic E-state index is -0.768. The number of ketones is 1. The van der Waals surface area contributed by atoms with Crippen molar-refractivity contribution < 1.29 is 24.4 Å². The molecular formula is C29H30N2O4. The average molecular weight is 471 g/mol. The molecule has 1 aliphatic rings. The van der Waals surface area contributed by atoms with E-state index >= 15 is 0 Å². The van der Waals surface area contributed by atoms with Crippen LogP contribution in [0.25, 0.3) is 5.76 Å². The first-order chi connectivity index (χ1) is 16.8. The highest BCUT2D eigenvalue weighted by Gasteiger charge is 2.44. The highest BCUT2D eigenvalue weighted by molar-refractivity contribution is 6.46. The van der Waals surface area contributed by atoms with Crippen LogP contribution in [0.2, 0.25) is 0 Å². The summed E-state index contributed by atoms with van der Waals surface area (Å²) in [6.45, 7) is 8.25. The van der Waals surface area contributed by atoms with Crippen molar-refractivity contribution in [3.63, 3.8) is 0 Å². The number of benzene rings is 2. The van der Waals surface area contributed by atoms with Gasteiger partial charge in [0.15, 0.2) is 12.4 Å². The van der Waals surface area contributed by atoms with Gasteiger partial charge in [-0.15, -0.1) is 0 Å². The molecular weight excluding hydrogens is 440 g/mol. The number of likely N-dealkylation sites (tertiary alicyclic amines) is 1. The third kappa shape index (κ3) is 5.11. The number of rotatable bonds is 7. The molecule has 1 amide bonds. The Morgan fingerprint density at radius 1 is 1.00 bits per heavy atom. The van der Waals surface area contributed by atoms with Gasteiger partial charge < -0.3 is 14.7 Å². The average Bonchev–Trinajstić information content (AvgIpc) is 3.09. The maximum Gasteiger partial charge on any atom is 0.295 e. The fourth-order valence-corrected chi connectivity index (χ4v) is 4.28. The maximum atomic E-state index is 13.6. The highest BCUT2D eigenvalue weighted by atomic mass is 16.5. The summed E-state index contributed by atoms with van der Waals surface area (Å²) in [5.74, 6) is -0.897. The summed E-state index contributed by atoms with van der Waals surface area (Å²) in [7, 11) is 0. The number of aromatic nitrogens is 1. The number of H-pyrrole nitrogens is 1. The molecule has 1 aliphatic heterocycles. The SMILES string of the molecule is CC(C)Oc1ccc(/C([O-])=C2\C(=O)C(=O)N(Cc3ccc[nH+]c3)C2c2ccc(C(C)C)cc2)cc1. The quantitative estimate of drug-likeness (QED) is 0.298. The van der Waals surface area contributed by atoms with Crippen molar-refractivity contribution in [1.82, 2.24) is 4.90 Å². The van der Waals surface area contributed by atoms with Gasteiger partial charge in [0.2, 0.25) is 5.78 Å². The predicted molar refractivity (Wildman–Crippen MR) is 131 cm³/mol. The molecule has 0 radical (unpaired) electrons. The van der Waals surface area contributed by atoms with Crippen LogP contribution in [0.1, 0.15) is 61.9 Å².